The number of hydrogen-bond donors (Lipinski definition) is 0. The topological polar surface area (TPSA) is 12.4 Å². The van der Waals surface area contributed by atoms with Crippen LogP contribution >= 0.6 is 0 Å². The molecule has 13 heavy (non-hydrogen) atoms. The van der Waals surface area contributed by atoms with Crippen LogP contribution in [0.3, 0.4) is 0 Å². The molecule has 0 unspecified atom stereocenters. The van der Waals surface area contributed by atoms with E-state index in [1.54, 1.807) is 0 Å². The second-order valence-corrected chi connectivity index (χ2v) is 5.23. The van der Waals surface area contributed by atoms with E-state index in [0.717, 1.165) is 5.71 Å². The fraction of sp³-hybridized carbons (Fsp3) is 0.583. The van der Waals surface area contributed by atoms with Crippen LogP contribution in [0.15, 0.2) is 29.4 Å². The zero-order valence-corrected chi connectivity index (χ0v) is 9.26. The molecule has 72 valence electrons. The van der Waals surface area contributed by atoms with Gasteiger partial charge in [-0.05, 0) is 6.08 Å². The van der Waals surface area contributed by atoms with Crippen molar-refractivity contribution in [2.75, 3.05) is 0 Å². The van der Waals surface area contributed by atoms with E-state index in [-0.39, 0.29) is 10.8 Å². The fourth-order valence-electron chi connectivity index (χ4n) is 1.15. The summed E-state index contributed by atoms with van der Waals surface area (Å²) in [6.07, 6.45) is 8.39. The van der Waals surface area contributed by atoms with Crippen molar-refractivity contribution in [3.63, 3.8) is 0 Å². The predicted octanol–water partition coefficient (Wildman–Crippen LogP) is 3.58. The van der Waals surface area contributed by atoms with E-state index in [0.29, 0.717) is 0 Å². The molecule has 0 bridgehead atoms. The Bertz CT molecular complexity index is 272. The maximum absolute atomic E-state index is 4.44. The first-order valence-electron chi connectivity index (χ1n) is 4.76. The molecule has 1 nitrogen and oxygen atoms in total. The highest BCUT2D eigenvalue weighted by molar-refractivity contribution is 5.99. The minimum absolute atomic E-state index is 0.135. The Morgan fingerprint density at radius 3 is 2.31 bits per heavy atom. The Labute approximate surface area is 81.3 Å². The molecule has 0 aromatic carbocycles. The minimum Gasteiger partial charge on any atom is -0.261 e. The summed E-state index contributed by atoms with van der Waals surface area (Å²) in [5.41, 5.74) is 1.42. The fourth-order valence-corrected chi connectivity index (χ4v) is 1.15. The molecule has 0 aliphatic carbocycles. The molecule has 0 saturated heterocycles. The van der Waals surface area contributed by atoms with Gasteiger partial charge in [0.05, 0.1) is 0 Å². The van der Waals surface area contributed by atoms with Crippen LogP contribution in [0.4, 0.5) is 0 Å². The molecule has 1 rings (SSSR count). The summed E-state index contributed by atoms with van der Waals surface area (Å²) in [6.45, 7) is 10.9. The van der Waals surface area contributed by atoms with E-state index >= 15 is 0 Å². The van der Waals surface area contributed by atoms with Gasteiger partial charge in [0, 0.05) is 22.7 Å². The number of allylic oxidation sites excluding steroid dienone is 3. The number of nitrogens with zero attached hydrogens (tertiary/aromatic N) is 1. The van der Waals surface area contributed by atoms with Crippen molar-refractivity contribution in [1.29, 1.82) is 0 Å². The van der Waals surface area contributed by atoms with Crippen LogP contribution in [-0.2, 0) is 0 Å². The number of aliphatic imine (C=N–C) groups is 1. The molecule has 0 saturated carbocycles. The van der Waals surface area contributed by atoms with Gasteiger partial charge >= 0.3 is 0 Å². The van der Waals surface area contributed by atoms with Crippen LogP contribution in [0.5, 0.6) is 0 Å². The highest BCUT2D eigenvalue weighted by Gasteiger charge is 2.19. The second kappa shape index (κ2) is 3.13. The SMILES string of the molecule is CC1(C)C=CN=C(C(C)(C)C)C=C1. The standard InChI is InChI=1S/C12H19N/c1-11(2,3)10-6-7-12(4,5)8-9-13-10/h6-9H,1-5H3. The van der Waals surface area contributed by atoms with Crippen molar-refractivity contribution in [2.45, 2.75) is 34.6 Å². The lowest BCUT2D eigenvalue weighted by molar-refractivity contribution is 0.593. The van der Waals surface area contributed by atoms with Crippen molar-refractivity contribution in [3.8, 4) is 0 Å². The number of hydrogen-bond acceptors (Lipinski definition) is 1. The molecule has 0 N–H and O–H groups in total. The molecule has 1 aliphatic rings. The van der Waals surface area contributed by atoms with Crippen molar-refractivity contribution in [2.24, 2.45) is 15.8 Å². The molecular weight excluding hydrogens is 158 g/mol. The molecule has 1 aliphatic heterocycles. The molecule has 0 atom stereocenters. The Morgan fingerprint density at radius 2 is 1.77 bits per heavy atom. The smallest absolute Gasteiger partial charge is 0.0454 e. The molecule has 0 aromatic heterocycles. The summed E-state index contributed by atoms with van der Waals surface area (Å²) >= 11 is 0. The summed E-state index contributed by atoms with van der Waals surface area (Å²) in [4.78, 5) is 4.44. The van der Waals surface area contributed by atoms with Crippen molar-refractivity contribution >= 4 is 5.71 Å². The molecule has 1 heterocycles. The average molecular weight is 177 g/mol. The van der Waals surface area contributed by atoms with Gasteiger partial charge in [-0.3, -0.25) is 4.99 Å². The summed E-state index contributed by atoms with van der Waals surface area (Å²) in [5.74, 6) is 0. The Morgan fingerprint density at radius 1 is 1.15 bits per heavy atom. The van der Waals surface area contributed by atoms with Crippen LogP contribution in [0.2, 0.25) is 0 Å². The molecule has 0 spiro atoms. The van der Waals surface area contributed by atoms with E-state index < -0.39 is 0 Å². The highest BCUT2D eigenvalue weighted by atomic mass is 14.7. The third kappa shape index (κ3) is 2.83. The third-order valence-corrected chi connectivity index (χ3v) is 2.16. The summed E-state index contributed by atoms with van der Waals surface area (Å²) in [6, 6.07) is 0. The van der Waals surface area contributed by atoms with Gasteiger partial charge < -0.3 is 0 Å². The van der Waals surface area contributed by atoms with Gasteiger partial charge in [0.2, 0.25) is 0 Å². The average Bonchev–Trinajstić information content (AvgIpc) is 2.08. The lowest BCUT2D eigenvalue weighted by Gasteiger charge is -2.18. The van der Waals surface area contributed by atoms with E-state index in [1.165, 1.54) is 0 Å². The summed E-state index contributed by atoms with van der Waals surface area (Å²) in [5, 5.41) is 0. The summed E-state index contributed by atoms with van der Waals surface area (Å²) < 4.78 is 0. The van der Waals surface area contributed by atoms with Crippen LogP contribution in [0.25, 0.3) is 0 Å². The van der Waals surface area contributed by atoms with Crippen LogP contribution < -0.4 is 0 Å². The Kier molecular flexibility index (Phi) is 2.47. The van der Waals surface area contributed by atoms with E-state index in [2.05, 4.69) is 57.8 Å². The van der Waals surface area contributed by atoms with Gasteiger partial charge in [-0.1, -0.05) is 46.8 Å². The van der Waals surface area contributed by atoms with E-state index in [1.807, 2.05) is 6.20 Å². The van der Waals surface area contributed by atoms with Crippen LogP contribution in [-0.4, -0.2) is 5.71 Å². The van der Waals surface area contributed by atoms with Gasteiger partial charge in [-0.25, -0.2) is 0 Å². The maximum Gasteiger partial charge on any atom is 0.0454 e. The Balaban J connectivity index is 2.96. The largest absolute Gasteiger partial charge is 0.261 e. The van der Waals surface area contributed by atoms with Gasteiger partial charge in [0.15, 0.2) is 0 Å². The lowest BCUT2D eigenvalue weighted by Crippen LogP contribution is -2.17. The monoisotopic (exact) mass is 177 g/mol. The first kappa shape index (κ1) is 10.2. The lowest BCUT2D eigenvalue weighted by atomic mass is 9.87. The first-order valence-corrected chi connectivity index (χ1v) is 4.76. The van der Waals surface area contributed by atoms with Gasteiger partial charge in [0.25, 0.3) is 0 Å². The van der Waals surface area contributed by atoms with Gasteiger partial charge in [-0.15, -0.1) is 0 Å². The Hall–Kier alpha value is -0.850. The molecule has 0 fully saturated rings. The maximum atomic E-state index is 4.44. The predicted molar refractivity (Wildman–Crippen MR) is 59.0 cm³/mol. The molecule has 0 radical (unpaired) electrons. The van der Waals surface area contributed by atoms with Gasteiger partial charge in [-0.2, -0.15) is 0 Å². The van der Waals surface area contributed by atoms with Crippen LogP contribution in [0.1, 0.15) is 34.6 Å². The summed E-state index contributed by atoms with van der Waals surface area (Å²) in [7, 11) is 0. The van der Waals surface area contributed by atoms with Crippen molar-refractivity contribution < 1.29 is 0 Å². The zero-order chi connectivity index (χ0) is 10.1. The van der Waals surface area contributed by atoms with E-state index in [4.69, 9.17) is 0 Å². The molecule has 0 amide bonds. The molecular formula is C12H19N. The quantitative estimate of drug-likeness (QED) is 0.536. The second-order valence-electron chi connectivity index (χ2n) is 5.23. The van der Waals surface area contributed by atoms with E-state index in [9.17, 15) is 0 Å². The molecule has 0 aromatic rings. The van der Waals surface area contributed by atoms with Crippen molar-refractivity contribution in [1.82, 2.24) is 0 Å². The molecule has 1 heteroatoms. The third-order valence-electron chi connectivity index (χ3n) is 2.16. The first-order chi connectivity index (χ1) is 5.81. The zero-order valence-electron chi connectivity index (χ0n) is 9.26. The number of rotatable bonds is 0. The normalized spacial score (nSPS) is 21.2. The van der Waals surface area contributed by atoms with Gasteiger partial charge in [0.1, 0.15) is 0 Å². The van der Waals surface area contributed by atoms with Crippen molar-refractivity contribution in [3.05, 3.63) is 24.4 Å². The van der Waals surface area contributed by atoms with Crippen LogP contribution in [0, 0.1) is 10.8 Å². The highest BCUT2D eigenvalue weighted by Crippen LogP contribution is 2.25. The minimum atomic E-state index is 0.135.